The SMILES string of the molecule is Cn1c(=O)c2c(nc(Cl)n2CC(=O)NCC2(c3ccccc3)CC2)n(C)c1=O. The molecule has 28 heavy (non-hydrogen) atoms. The van der Waals surface area contributed by atoms with Crippen LogP contribution in [0.15, 0.2) is 39.9 Å². The van der Waals surface area contributed by atoms with Crippen LogP contribution in [0.1, 0.15) is 18.4 Å². The molecule has 8 nitrogen and oxygen atoms in total. The first kappa shape index (κ1) is 18.5. The number of amides is 1. The third-order valence-corrected chi connectivity index (χ3v) is 5.76. The van der Waals surface area contributed by atoms with Gasteiger partial charge in [-0.1, -0.05) is 30.3 Å². The van der Waals surface area contributed by atoms with E-state index in [0.717, 1.165) is 17.4 Å². The van der Waals surface area contributed by atoms with Gasteiger partial charge in [0.2, 0.25) is 11.2 Å². The highest BCUT2D eigenvalue weighted by molar-refractivity contribution is 6.29. The largest absolute Gasteiger partial charge is 0.354 e. The molecule has 3 aromatic rings. The Kier molecular flexibility index (Phi) is 4.38. The molecule has 0 radical (unpaired) electrons. The fraction of sp³-hybridized carbons (Fsp3) is 0.368. The molecule has 0 atom stereocenters. The number of carbonyl (C=O) groups is 1. The summed E-state index contributed by atoms with van der Waals surface area (Å²) in [4.78, 5) is 41.2. The Morgan fingerprint density at radius 2 is 1.86 bits per heavy atom. The molecule has 1 aliphatic carbocycles. The standard InChI is InChI=1S/C19H20ClN5O3/c1-23-15-14(16(27)24(2)18(23)28)25(17(20)22-15)10-13(26)21-11-19(8-9-19)12-6-4-3-5-7-12/h3-7H,8-11H2,1-2H3,(H,21,26). The highest BCUT2D eigenvalue weighted by atomic mass is 35.5. The van der Waals surface area contributed by atoms with Crippen molar-refractivity contribution in [3.63, 3.8) is 0 Å². The number of aromatic nitrogens is 4. The summed E-state index contributed by atoms with van der Waals surface area (Å²) in [6.45, 7) is 0.379. The zero-order valence-corrected chi connectivity index (χ0v) is 16.4. The van der Waals surface area contributed by atoms with Gasteiger partial charge < -0.3 is 5.32 Å². The van der Waals surface area contributed by atoms with Crippen molar-refractivity contribution in [1.82, 2.24) is 24.0 Å². The highest BCUT2D eigenvalue weighted by Crippen LogP contribution is 2.47. The topological polar surface area (TPSA) is 90.9 Å². The van der Waals surface area contributed by atoms with Gasteiger partial charge in [0.05, 0.1) is 0 Å². The predicted octanol–water partition coefficient (Wildman–Crippen LogP) is 0.935. The smallest absolute Gasteiger partial charge is 0.332 e. The minimum Gasteiger partial charge on any atom is -0.354 e. The second-order valence-electron chi connectivity index (χ2n) is 7.27. The number of fused-ring (bicyclic) bond motifs is 1. The maximum Gasteiger partial charge on any atom is 0.332 e. The van der Waals surface area contributed by atoms with E-state index in [4.69, 9.17) is 11.6 Å². The van der Waals surface area contributed by atoms with Crippen molar-refractivity contribution in [3.8, 4) is 0 Å². The molecule has 9 heteroatoms. The first-order valence-electron chi connectivity index (χ1n) is 8.98. The Morgan fingerprint density at radius 3 is 2.50 bits per heavy atom. The van der Waals surface area contributed by atoms with Crippen LogP contribution in [0.5, 0.6) is 0 Å². The Labute approximate surface area is 165 Å². The van der Waals surface area contributed by atoms with Gasteiger partial charge in [-0.25, -0.2) is 4.79 Å². The number of hydrogen-bond donors (Lipinski definition) is 1. The zero-order chi connectivity index (χ0) is 20.1. The molecule has 0 aliphatic heterocycles. The molecular formula is C19H20ClN5O3. The van der Waals surface area contributed by atoms with E-state index in [1.165, 1.54) is 28.8 Å². The number of imidazole rings is 1. The zero-order valence-electron chi connectivity index (χ0n) is 15.6. The molecule has 0 spiro atoms. The predicted molar refractivity (Wildman–Crippen MR) is 106 cm³/mol. The Bertz CT molecular complexity index is 1190. The monoisotopic (exact) mass is 401 g/mol. The van der Waals surface area contributed by atoms with E-state index in [0.29, 0.717) is 6.54 Å². The number of hydrogen-bond acceptors (Lipinski definition) is 4. The number of nitrogens with zero attached hydrogens (tertiary/aromatic N) is 4. The summed E-state index contributed by atoms with van der Waals surface area (Å²) in [7, 11) is 2.89. The second-order valence-corrected chi connectivity index (χ2v) is 7.61. The number of carbonyl (C=O) groups excluding carboxylic acids is 1. The van der Waals surface area contributed by atoms with Crippen molar-refractivity contribution < 1.29 is 4.79 Å². The third kappa shape index (κ3) is 2.93. The molecule has 4 rings (SSSR count). The quantitative estimate of drug-likeness (QED) is 0.644. The lowest BCUT2D eigenvalue weighted by Gasteiger charge is -2.17. The average Bonchev–Trinajstić information content (AvgIpc) is 3.43. The maximum absolute atomic E-state index is 12.6. The fourth-order valence-corrected chi connectivity index (χ4v) is 3.77. The van der Waals surface area contributed by atoms with Crippen molar-refractivity contribution in [3.05, 3.63) is 62.0 Å². The summed E-state index contributed by atoms with van der Waals surface area (Å²) in [6, 6.07) is 10.1. The minimum absolute atomic E-state index is 0.00681. The van der Waals surface area contributed by atoms with Crippen LogP contribution in [0.3, 0.4) is 0 Å². The van der Waals surface area contributed by atoms with Gasteiger partial charge in [-0.3, -0.25) is 23.3 Å². The molecule has 1 aliphatic rings. The molecule has 1 fully saturated rings. The lowest BCUT2D eigenvalue weighted by atomic mass is 9.96. The van der Waals surface area contributed by atoms with E-state index in [1.54, 1.807) is 0 Å². The van der Waals surface area contributed by atoms with E-state index >= 15 is 0 Å². The van der Waals surface area contributed by atoms with E-state index in [-0.39, 0.29) is 34.3 Å². The van der Waals surface area contributed by atoms with Crippen molar-refractivity contribution in [2.75, 3.05) is 6.54 Å². The maximum atomic E-state index is 12.6. The van der Waals surface area contributed by atoms with Crippen LogP contribution < -0.4 is 16.6 Å². The van der Waals surface area contributed by atoms with Gasteiger partial charge in [-0.05, 0) is 30.0 Å². The van der Waals surface area contributed by atoms with Crippen LogP contribution in [-0.4, -0.2) is 31.1 Å². The van der Waals surface area contributed by atoms with Crippen LogP contribution in [0, 0.1) is 0 Å². The van der Waals surface area contributed by atoms with Crippen molar-refractivity contribution in [2.24, 2.45) is 14.1 Å². The van der Waals surface area contributed by atoms with Crippen molar-refractivity contribution in [1.29, 1.82) is 0 Å². The highest BCUT2D eigenvalue weighted by Gasteiger charge is 2.44. The number of halogens is 1. The van der Waals surface area contributed by atoms with Gasteiger partial charge in [0, 0.05) is 26.1 Å². The van der Waals surface area contributed by atoms with E-state index in [1.807, 2.05) is 18.2 Å². The summed E-state index contributed by atoms with van der Waals surface area (Å²) in [5.74, 6) is -0.265. The van der Waals surface area contributed by atoms with Crippen molar-refractivity contribution >= 4 is 28.7 Å². The first-order valence-corrected chi connectivity index (χ1v) is 9.36. The summed E-state index contributed by atoms with van der Waals surface area (Å²) >= 11 is 6.17. The summed E-state index contributed by atoms with van der Waals surface area (Å²) < 4.78 is 3.56. The summed E-state index contributed by atoms with van der Waals surface area (Å²) in [5.41, 5.74) is 0.459. The molecule has 1 amide bonds. The van der Waals surface area contributed by atoms with Crippen molar-refractivity contribution in [2.45, 2.75) is 24.8 Å². The molecule has 1 aromatic carbocycles. The average molecular weight is 402 g/mol. The van der Waals surface area contributed by atoms with Crippen LogP contribution in [-0.2, 0) is 30.8 Å². The third-order valence-electron chi connectivity index (χ3n) is 5.47. The summed E-state index contributed by atoms with van der Waals surface area (Å²) in [6.07, 6.45) is 2.05. The molecule has 0 unspecified atom stereocenters. The molecule has 1 saturated carbocycles. The number of rotatable bonds is 5. The number of benzene rings is 1. The number of nitrogens with one attached hydrogen (secondary N) is 1. The van der Waals surface area contributed by atoms with Gasteiger partial charge >= 0.3 is 5.69 Å². The lowest BCUT2D eigenvalue weighted by Crippen LogP contribution is -2.38. The van der Waals surface area contributed by atoms with Gasteiger partial charge in [0.15, 0.2) is 11.2 Å². The molecular weight excluding hydrogens is 382 g/mol. The molecule has 2 heterocycles. The van der Waals surface area contributed by atoms with Gasteiger partial charge in [0.1, 0.15) is 6.54 Å². The van der Waals surface area contributed by atoms with Gasteiger partial charge in [-0.2, -0.15) is 4.98 Å². The molecule has 0 saturated heterocycles. The molecule has 1 N–H and O–H groups in total. The van der Waals surface area contributed by atoms with Crippen LogP contribution >= 0.6 is 11.6 Å². The Hall–Kier alpha value is -2.87. The molecule has 0 bridgehead atoms. The normalized spacial score (nSPS) is 15.0. The van der Waals surface area contributed by atoms with Gasteiger partial charge in [0.25, 0.3) is 5.56 Å². The minimum atomic E-state index is -0.534. The number of aryl methyl sites for hydroxylation is 1. The van der Waals surface area contributed by atoms with E-state index in [9.17, 15) is 14.4 Å². The van der Waals surface area contributed by atoms with Crippen LogP contribution in [0.2, 0.25) is 5.28 Å². The Balaban J connectivity index is 1.57. The first-order chi connectivity index (χ1) is 13.3. The van der Waals surface area contributed by atoms with Crippen LogP contribution in [0.25, 0.3) is 11.2 Å². The second kappa shape index (κ2) is 6.63. The van der Waals surface area contributed by atoms with E-state index < -0.39 is 11.2 Å². The van der Waals surface area contributed by atoms with E-state index in [2.05, 4.69) is 22.4 Å². The fourth-order valence-electron chi connectivity index (χ4n) is 3.54. The Morgan fingerprint density at radius 1 is 1.18 bits per heavy atom. The summed E-state index contributed by atoms with van der Waals surface area (Å²) in [5, 5.41) is 2.94. The van der Waals surface area contributed by atoms with Gasteiger partial charge in [-0.15, -0.1) is 0 Å². The van der Waals surface area contributed by atoms with Crippen LogP contribution in [0.4, 0.5) is 0 Å². The molecule has 146 valence electrons. The lowest BCUT2D eigenvalue weighted by molar-refractivity contribution is -0.121. The molecule has 2 aromatic heterocycles.